The molecule has 0 saturated carbocycles. The number of carbonyl (C=O) groups excluding carboxylic acids is 2. The fourth-order valence-electron chi connectivity index (χ4n) is 3.76. The SMILES string of the molecule is C[C@@H](OC(C)(C)C)[C@H](NC(=O)OCC1c2ccccc2-c2ccccc21)C([O])=O. The normalized spacial score (nSPS) is 15.2. The lowest BCUT2D eigenvalue weighted by Crippen LogP contribution is -2.50. The number of rotatable bonds is 6. The maximum Gasteiger partial charge on any atom is 0.407 e. The molecule has 1 aliphatic rings. The molecule has 1 radical (unpaired) electrons. The first-order valence-electron chi connectivity index (χ1n) is 9.67. The summed E-state index contributed by atoms with van der Waals surface area (Å²) in [5.41, 5.74) is 3.86. The van der Waals surface area contributed by atoms with E-state index >= 15 is 0 Å². The lowest BCUT2D eigenvalue weighted by atomic mass is 9.98. The van der Waals surface area contributed by atoms with Gasteiger partial charge in [-0.25, -0.2) is 14.7 Å². The van der Waals surface area contributed by atoms with Gasteiger partial charge < -0.3 is 14.8 Å². The van der Waals surface area contributed by atoms with Crippen LogP contribution in [0.5, 0.6) is 0 Å². The van der Waals surface area contributed by atoms with E-state index in [-0.39, 0.29) is 12.5 Å². The third-order valence-electron chi connectivity index (χ3n) is 4.88. The highest BCUT2D eigenvalue weighted by molar-refractivity contribution is 5.81. The summed E-state index contributed by atoms with van der Waals surface area (Å²) in [4.78, 5) is 23.8. The predicted octanol–water partition coefficient (Wildman–Crippen LogP) is 4.05. The summed E-state index contributed by atoms with van der Waals surface area (Å²) in [6, 6.07) is 14.7. The molecule has 1 amide bonds. The predicted molar refractivity (Wildman–Crippen MR) is 108 cm³/mol. The van der Waals surface area contributed by atoms with E-state index < -0.39 is 29.8 Å². The van der Waals surface area contributed by atoms with Crippen molar-refractivity contribution >= 4 is 12.1 Å². The Morgan fingerprint density at radius 2 is 1.52 bits per heavy atom. The molecule has 0 aliphatic heterocycles. The number of carbonyl (C=O) groups is 2. The summed E-state index contributed by atoms with van der Waals surface area (Å²) < 4.78 is 11.0. The largest absolute Gasteiger partial charge is 0.449 e. The molecule has 2 atom stereocenters. The van der Waals surface area contributed by atoms with Crippen molar-refractivity contribution in [2.75, 3.05) is 6.61 Å². The van der Waals surface area contributed by atoms with Crippen LogP contribution in [0.25, 0.3) is 11.1 Å². The highest BCUT2D eigenvalue weighted by Crippen LogP contribution is 2.44. The molecular weight excluding hydrogens is 370 g/mol. The van der Waals surface area contributed by atoms with E-state index in [1.54, 1.807) is 6.92 Å². The van der Waals surface area contributed by atoms with Gasteiger partial charge in [0.1, 0.15) is 6.61 Å². The van der Waals surface area contributed by atoms with Crippen molar-refractivity contribution in [1.82, 2.24) is 5.32 Å². The van der Waals surface area contributed by atoms with Crippen molar-refractivity contribution in [1.29, 1.82) is 0 Å². The van der Waals surface area contributed by atoms with Crippen LogP contribution in [0.3, 0.4) is 0 Å². The Hall–Kier alpha value is -2.86. The molecular formula is C23H26NO5. The average Bonchev–Trinajstić information content (AvgIpc) is 2.96. The van der Waals surface area contributed by atoms with E-state index in [2.05, 4.69) is 5.32 Å². The van der Waals surface area contributed by atoms with E-state index in [0.29, 0.717) is 0 Å². The zero-order chi connectivity index (χ0) is 21.2. The topological polar surface area (TPSA) is 84.5 Å². The van der Waals surface area contributed by atoms with E-state index in [4.69, 9.17) is 9.47 Å². The minimum Gasteiger partial charge on any atom is -0.449 e. The van der Waals surface area contributed by atoms with Crippen LogP contribution in [0.1, 0.15) is 44.7 Å². The Morgan fingerprint density at radius 3 is 2.00 bits per heavy atom. The van der Waals surface area contributed by atoms with Gasteiger partial charge in [0.15, 0.2) is 6.04 Å². The molecule has 0 heterocycles. The van der Waals surface area contributed by atoms with Crippen LogP contribution in [-0.2, 0) is 19.4 Å². The smallest absolute Gasteiger partial charge is 0.407 e. The van der Waals surface area contributed by atoms with Crippen molar-refractivity contribution in [2.45, 2.75) is 51.4 Å². The van der Waals surface area contributed by atoms with Crippen molar-refractivity contribution in [3.63, 3.8) is 0 Å². The molecule has 6 heteroatoms. The standard InChI is InChI=1S/C23H26NO5/c1-14(29-23(2,3)4)20(21(25)26)24-22(27)28-13-19-17-11-7-5-9-15(17)16-10-6-8-12-18(16)19/h5-12,14,19-20H,13H2,1-4H3,(H,24,27)/t14-,20+/m1/s1. The highest BCUT2D eigenvalue weighted by atomic mass is 16.6. The molecule has 0 saturated heterocycles. The Labute approximate surface area is 170 Å². The van der Waals surface area contributed by atoms with Crippen LogP contribution in [0.15, 0.2) is 48.5 Å². The van der Waals surface area contributed by atoms with Gasteiger partial charge in [-0.15, -0.1) is 0 Å². The summed E-state index contributed by atoms with van der Waals surface area (Å²) in [5, 5.41) is 13.9. The van der Waals surface area contributed by atoms with Gasteiger partial charge in [-0.1, -0.05) is 48.5 Å². The molecule has 2 aromatic carbocycles. The number of amides is 1. The number of nitrogens with one attached hydrogen (secondary N) is 1. The molecule has 0 aromatic heterocycles. The van der Waals surface area contributed by atoms with Gasteiger partial charge in [-0.05, 0) is 49.9 Å². The molecule has 0 bridgehead atoms. The van der Waals surface area contributed by atoms with Gasteiger partial charge >= 0.3 is 12.1 Å². The third-order valence-corrected chi connectivity index (χ3v) is 4.88. The molecule has 1 N–H and O–H groups in total. The zero-order valence-electron chi connectivity index (χ0n) is 17.1. The van der Waals surface area contributed by atoms with Gasteiger partial charge in [-0.2, -0.15) is 0 Å². The second-order valence-electron chi connectivity index (χ2n) is 8.20. The van der Waals surface area contributed by atoms with Gasteiger partial charge in [-0.3, -0.25) is 0 Å². The molecule has 1 aliphatic carbocycles. The summed E-state index contributed by atoms with van der Waals surface area (Å²) >= 11 is 0. The Morgan fingerprint density at radius 1 is 1.00 bits per heavy atom. The quantitative estimate of drug-likeness (QED) is 0.798. The number of alkyl carbamates (subject to hydrolysis) is 1. The number of fused-ring (bicyclic) bond motifs is 3. The number of benzene rings is 2. The molecule has 0 fully saturated rings. The second kappa shape index (κ2) is 8.25. The average molecular weight is 396 g/mol. The number of hydrogen-bond acceptors (Lipinski definition) is 4. The first-order chi connectivity index (χ1) is 13.7. The van der Waals surface area contributed by atoms with Gasteiger partial charge in [0.2, 0.25) is 0 Å². The highest BCUT2D eigenvalue weighted by Gasteiger charge is 2.33. The van der Waals surface area contributed by atoms with Crippen LogP contribution < -0.4 is 5.32 Å². The lowest BCUT2D eigenvalue weighted by molar-refractivity contribution is -0.153. The molecule has 3 rings (SSSR count). The first-order valence-corrected chi connectivity index (χ1v) is 9.67. The molecule has 0 spiro atoms. The van der Waals surface area contributed by atoms with Crippen LogP contribution in [-0.4, -0.2) is 36.4 Å². The van der Waals surface area contributed by atoms with E-state index in [1.807, 2.05) is 69.3 Å². The monoisotopic (exact) mass is 396 g/mol. The van der Waals surface area contributed by atoms with E-state index in [0.717, 1.165) is 22.3 Å². The Balaban J connectivity index is 1.68. The maximum absolute atomic E-state index is 12.3. The first kappa shape index (κ1) is 20.9. The summed E-state index contributed by atoms with van der Waals surface area (Å²) in [7, 11) is 0. The zero-order valence-corrected chi connectivity index (χ0v) is 17.1. The maximum atomic E-state index is 12.3. The second-order valence-corrected chi connectivity index (χ2v) is 8.20. The van der Waals surface area contributed by atoms with Crippen LogP contribution in [0.2, 0.25) is 0 Å². The molecule has 2 aromatic rings. The Kier molecular flexibility index (Phi) is 5.94. The van der Waals surface area contributed by atoms with E-state index in [1.165, 1.54) is 0 Å². The third kappa shape index (κ3) is 4.77. The van der Waals surface area contributed by atoms with Crippen molar-refractivity contribution in [3.05, 3.63) is 59.7 Å². The lowest BCUT2D eigenvalue weighted by Gasteiger charge is -2.28. The van der Waals surface area contributed by atoms with Gasteiger partial charge in [0, 0.05) is 5.92 Å². The minimum absolute atomic E-state index is 0.0993. The molecule has 153 valence electrons. The molecule has 6 nitrogen and oxygen atoms in total. The van der Waals surface area contributed by atoms with Crippen molar-refractivity contribution in [2.24, 2.45) is 0 Å². The summed E-state index contributed by atoms with van der Waals surface area (Å²) in [6.45, 7) is 7.11. The fraction of sp³-hybridized carbons (Fsp3) is 0.391. The molecule has 0 unspecified atom stereocenters. The summed E-state index contributed by atoms with van der Waals surface area (Å²) in [6.07, 6.45) is -1.59. The van der Waals surface area contributed by atoms with Crippen molar-refractivity contribution < 1.29 is 24.2 Å². The minimum atomic E-state index is -1.42. The van der Waals surface area contributed by atoms with Gasteiger partial charge in [0.05, 0.1) is 11.7 Å². The van der Waals surface area contributed by atoms with Crippen LogP contribution in [0.4, 0.5) is 4.79 Å². The van der Waals surface area contributed by atoms with Crippen molar-refractivity contribution in [3.8, 4) is 11.1 Å². The van der Waals surface area contributed by atoms with Gasteiger partial charge in [0.25, 0.3) is 0 Å². The molecule has 29 heavy (non-hydrogen) atoms. The van der Waals surface area contributed by atoms with Crippen LogP contribution >= 0.6 is 0 Å². The summed E-state index contributed by atoms with van der Waals surface area (Å²) in [5.74, 6) is -1.52. The number of ether oxygens (including phenoxy) is 2. The van der Waals surface area contributed by atoms with Crippen LogP contribution in [0, 0.1) is 0 Å². The number of hydrogen-bond donors (Lipinski definition) is 1. The fourth-order valence-corrected chi connectivity index (χ4v) is 3.76. The van der Waals surface area contributed by atoms with E-state index in [9.17, 15) is 14.7 Å². The Bertz CT molecular complexity index is 857.